The lowest BCUT2D eigenvalue weighted by Crippen LogP contribution is -2.10. The fraction of sp³-hybridized carbons (Fsp3) is 0.727. The van der Waals surface area contributed by atoms with Gasteiger partial charge in [0.25, 0.3) is 0 Å². The number of esters is 1. The van der Waals surface area contributed by atoms with Gasteiger partial charge in [-0.3, -0.25) is 9.59 Å². The second-order valence-electron chi connectivity index (χ2n) is 3.43. The van der Waals surface area contributed by atoms with E-state index < -0.39 is 5.97 Å². The maximum absolute atomic E-state index is 11.2. The second kappa shape index (κ2) is 8.15. The number of hydrogen-bond acceptors (Lipinski definition) is 4. The van der Waals surface area contributed by atoms with Crippen LogP contribution in [0.2, 0.25) is 0 Å². The molecule has 15 heavy (non-hydrogen) atoms. The fourth-order valence-electron chi connectivity index (χ4n) is 1.16. The van der Waals surface area contributed by atoms with Gasteiger partial charge in [0.15, 0.2) is 0 Å². The molecule has 0 unspecified atom stereocenters. The van der Waals surface area contributed by atoms with Gasteiger partial charge in [-0.25, -0.2) is 0 Å². The average molecular weight is 214 g/mol. The van der Waals surface area contributed by atoms with Crippen LogP contribution in [0.15, 0.2) is 0 Å². The third-order valence-electron chi connectivity index (χ3n) is 1.88. The normalized spacial score (nSPS) is 9.73. The first kappa shape index (κ1) is 13.8. The summed E-state index contributed by atoms with van der Waals surface area (Å²) in [6, 6.07) is 0. The molecule has 0 radical (unpaired) electrons. The molecular weight excluding hydrogens is 196 g/mol. The Morgan fingerprint density at radius 2 is 1.67 bits per heavy atom. The van der Waals surface area contributed by atoms with Gasteiger partial charge < -0.3 is 9.53 Å². The molecule has 0 aliphatic heterocycles. The number of ether oxygens (including phenoxy) is 1. The Balaban J connectivity index is 3.49. The Hall–Kier alpha value is -1.19. The summed E-state index contributed by atoms with van der Waals surface area (Å²) in [4.78, 5) is 32.7. The minimum absolute atomic E-state index is 0.114. The first-order chi connectivity index (χ1) is 7.06. The molecule has 0 N–H and O–H groups in total. The Morgan fingerprint density at radius 1 is 1.07 bits per heavy atom. The van der Waals surface area contributed by atoms with Crippen molar-refractivity contribution < 1.29 is 19.1 Å². The van der Waals surface area contributed by atoms with Crippen LogP contribution in [0, 0.1) is 0 Å². The summed E-state index contributed by atoms with van der Waals surface area (Å²) < 4.78 is 4.64. The van der Waals surface area contributed by atoms with Crippen molar-refractivity contribution in [3.8, 4) is 0 Å². The van der Waals surface area contributed by atoms with E-state index in [1.54, 1.807) is 6.92 Å². The summed E-state index contributed by atoms with van der Waals surface area (Å²) >= 11 is 0. The second-order valence-corrected chi connectivity index (χ2v) is 3.43. The molecule has 0 bridgehead atoms. The summed E-state index contributed by atoms with van der Waals surface area (Å²) in [6.45, 7) is 3.53. The van der Waals surface area contributed by atoms with Crippen molar-refractivity contribution in [3.63, 3.8) is 0 Å². The Bertz CT molecular complexity index is 233. The van der Waals surface area contributed by atoms with Crippen LogP contribution < -0.4 is 0 Å². The number of rotatable bonds is 8. The van der Waals surface area contributed by atoms with Gasteiger partial charge in [-0.05, 0) is 26.7 Å². The Labute approximate surface area is 90.0 Å². The van der Waals surface area contributed by atoms with Crippen molar-refractivity contribution in [2.45, 2.75) is 46.0 Å². The van der Waals surface area contributed by atoms with Gasteiger partial charge in [0.2, 0.25) is 0 Å². The third kappa shape index (κ3) is 9.12. The van der Waals surface area contributed by atoms with E-state index in [0.29, 0.717) is 32.3 Å². The topological polar surface area (TPSA) is 60.4 Å². The molecule has 86 valence electrons. The summed E-state index contributed by atoms with van der Waals surface area (Å²) in [5.41, 5.74) is 0. The summed E-state index contributed by atoms with van der Waals surface area (Å²) in [7, 11) is 0. The molecule has 0 saturated heterocycles. The van der Waals surface area contributed by atoms with E-state index >= 15 is 0 Å². The summed E-state index contributed by atoms with van der Waals surface area (Å²) in [6.07, 6.45) is 2.09. The van der Waals surface area contributed by atoms with Crippen molar-refractivity contribution in [2.24, 2.45) is 0 Å². The number of unbranched alkanes of at least 4 members (excludes halogenated alkanes) is 1. The molecule has 0 saturated carbocycles. The average Bonchev–Trinajstić information content (AvgIpc) is 2.12. The van der Waals surface area contributed by atoms with Crippen LogP contribution in [0.3, 0.4) is 0 Å². The van der Waals surface area contributed by atoms with E-state index in [4.69, 9.17) is 0 Å². The Morgan fingerprint density at radius 3 is 2.20 bits per heavy atom. The molecular formula is C11H18O4. The van der Waals surface area contributed by atoms with Gasteiger partial charge in [0, 0.05) is 12.8 Å². The summed E-state index contributed by atoms with van der Waals surface area (Å²) in [5.74, 6) is -0.445. The third-order valence-corrected chi connectivity index (χ3v) is 1.88. The molecule has 0 atom stereocenters. The molecule has 0 spiro atoms. The van der Waals surface area contributed by atoms with Gasteiger partial charge in [-0.2, -0.15) is 0 Å². The van der Waals surface area contributed by atoms with Gasteiger partial charge in [0.05, 0.1) is 6.61 Å². The Kier molecular flexibility index (Phi) is 7.50. The predicted molar refractivity (Wildman–Crippen MR) is 55.4 cm³/mol. The van der Waals surface area contributed by atoms with Crippen LogP contribution in [-0.4, -0.2) is 24.1 Å². The minimum Gasteiger partial charge on any atom is -0.466 e. The highest BCUT2D eigenvalue weighted by atomic mass is 16.5. The molecule has 0 aromatic heterocycles. The van der Waals surface area contributed by atoms with Gasteiger partial charge in [0.1, 0.15) is 18.0 Å². The zero-order valence-corrected chi connectivity index (χ0v) is 9.38. The van der Waals surface area contributed by atoms with Crippen molar-refractivity contribution in [3.05, 3.63) is 0 Å². The van der Waals surface area contributed by atoms with Crippen LogP contribution in [0.1, 0.15) is 46.0 Å². The van der Waals surface area contributed by atoms with Crippen LogP contribution in [0.5, 0.6) is 0 Å². The zero-order valence-electron chi connectivity index (χ0n) is 9.38. The zero-order chi connectivity index (χ0) is 11.7. The standard InChI is InChI=1S/C11H18O4/c1-3-15-11(14)8-10(13)7-5-4-6-9(2)12/h3-8H2,1-2H3. The largest absolute Gasteiger partial charge is 0.466 e. The molecule has 0 aliphatic rings. The van der Waals surface area contributed by atoms with E-state index in [9.17, 15) is 14.4 Å². The number of ketones is 2. The van der Waals surface area contributed by atoms with Crippen LogP contribution in [0.4, 0.5) is 0 Å². The molecule has 0 amide bonds. The van der Waals surface area contributed by atoms with Crippen LogP contribution in [-0.2, 0) is 19.1 Å². The molecule has 4 nitrogen and oxygen atoms in total. The lowest BCUT2D eigenvalue weighted by atomic mass is 10.1. The van der Waals surface area contributed by atoms with Crippen LogP contribution >= 0.6 is 0 Å². The van der Waals surface area contributed by atoms with Crippen molar-refractivity contribution in [1.29, 1.82) is 0 Å². The highest BCUT2D eigenvalue weighted by Gasteiger charge is 2.09. The highest BCUT2D eigenvalue weighted by Crippen LogP contribution is 2.03. The van der Waals surface area contributed by atoms with E-state index in [1.165, 1.54) is 6.92 Å². The van der Waals surface area contributed by atoms with Crippen molar-refractivity contribution in [1.82, 2.24) is 0 Å². The lowest BCUT2D eigenvalue weighted by molar-refractivity contribution is -0.145. The molecule has 0 aromatic carbocycles. The first-order valence-corrected chi connectivity index (χ1v) is 5.23. The molecule has 0 aromatic rings. The van der Waals surface area contributed by atoms with Gasteiger partial charge in [-0.15, -0.1) is 0 Å². The van der Waals surface area contributed by atoms with E-state index in [0.717, 1.165) is 0 Å². The quantitative estimate of drug-likeness (QED) is 0.350. The number of carbonyl (C=O) groups is 3. The minimum atomic E-state index is -0.464. The number of carbonyl (C=O) groups excluding carboxylic acids is 3. The lowest BCUT2D eigenvalue weighted by Gasteiger charge is -2.01. The fourth-order valence-corrected chi connectivity index (χ4v) is 1.16. The molecule has 0 rings (SSSR count). The highest BCUT2D eigenvalue weighted by molar-refractivity contribution is 5.95. The SMILES string of the molecule is CCOC(=O)CC(=O)CCCCC(C)=O. The van der Waals surface area contributed by atoms with E-state index in [-0.39, 0.29) is 18.0 Å². The maximum atomic E-state index is 11.2. The maximum Gasteiger partial charge on any atom is 0.313 e. The predicted octanol–water partition coefficient (Wildman–Crippen LogP) is 1.66. The monoisotopic (exact) mass is 214 g/mol. The van der Waals surface area contributed by atoms with E-state index in [1.807, 2.05) is 0 Å². The smallest absolute Gasteiger partial charge is 0.313 e. The summed E-state index contributed by atoms with van der Waals surface area (Å²) in [5, 5.41) is 0. The first-order valence-electron chi connectivity index (χ1n) is 5.23. The molecule has 0 aliphatic carbocycles. The van der Waals surface area contributed by atoms with Crippen molar-refractivity contribution >= 4 is 17.5 Å². The number of hydrogen-bond donors (Lipinski definition) is 0. The van der Waals surface area contributed by atoms with E-state index in [2.05, 4.69) is 4.74 Å². The van der Waals surface area contributed by atoms with Gasteiger partial charge in [-0.1, -0.05) is 0 Å². The van der Waals surface area contributed by atoms with Gasteiger partial charge >= 0.3 is 5.97 Å². The molecule has 0 fully saturated rings. The van der Waals surface area contributed by atoms with Crippen molar-refractivity contribution in [2.75, 3.05) is 6.61 Å². The number of Topliss-reactive ketones (excluding diaryl/α,β-unsaturated/α-hetero) is 2. The van der Waals surface area contributed by atoms with Crippen LogP contribution in [0.25, 0.3) is 0 Å². The molecule has 4 heteroatoms. The molecule has 0 heterocycles.